The third-order valence-electron chi connectivity index (χ3n) is 4.75. The minimum absolute atomic E-state index is 0.0921. The van der Waals surface area contributed by atoms with Gasteiger partial charge in [0.1, 0.15) is 12.4 Å². The highest BCUT2D eigenvalue weighted by Gasteiger charge is 2.30. The van der Waals surface area contributed by atoms with E-state index in [9.17, 15) is 18.0 Å². The van der Waals surface area contributed by atoms with Gasteiger partial charge >= 0.3 is 6.18 Å². The Morgan fingerprint density at radius 2 is 1.84 bits per heavy atom. The lowest BCUT2D eigenvalue weighted by molar-refractivity contribution is -0.137. The summed E-state index contributed by atoms with van der Waals surface area (Å²) in [5.41, 5.74) is 1.16. The van der Waals surface area contributed by atoms with Gasteiger partial charge in [-0.05, 0) is 77.9 Å². The van der Waals surface area contributed by atoms with Crippen molar-refractivity contribution >= 4 is 33.2 Å². The summed E-state index contributed by atoms with van der Waals surface area (Å²) >= 11 is 3.10. The zero-order valence-corrected chi connectivity index (χ0v) is 19.4. The van der Waals surface area contributed by atoms with Crippen LogP contribution in [0.25, 0.3) is 0 Å². The molecule has 2 aromatic rings. The molecule has 2 rings (SSSR count). The van der Waals surface area contributed by atoms with Crippen molar-refractivity contribution in [2.75, 3.05) is 43.4 Å². The Morgan fingerprint density at radius 1 is 1.13 bits per heavy atom. The molecule has 0 spiro atoms. The molecule has 2 aromatic carbocycles. The lowest BCUT2D eigenvalue weighted by atomic mass is 10.2. The summed E-state index contributed by atoms with van der Waals surface area (Å²) in [6.07, 6.45) is -4.42. The lowest BCUT2D eigenvalue weighted by Gasteiger charge is -2.18. The second-order valence-electron chi connectivity index (χ2n) is 6.95. The van der Waals surface area contributed by atoms with E-state index in [4.69, 9.17) is 4.74 Å². The largest absolute Gasteiger partial charge is 0.492 e. The van der Waals surface area contributed by atoms with E-state index in [0.29, 0.717) is 18.0 Å². The van der Waals surface area contributed by atoms with E-state index in [0.717, 1.165) is 43.1 Å². The molecule has 0 heterocycles. The van der Waals surface area contributed by atoms with Crippen LogP contribution in [0.1, 0.15) is 25.0 Å². The first kappa shape index (κ1) is 25.0. The number of nitrogens with zero attached hydrogens (tertiary/aromatic N) is 1. The van der Waals surface area contributed by atoms with E-state index in [1.54, 1.807) is 6.07 Å². The van der Waals surface area contributed by atoms with Gasteiger partial charge in [0.2, 0.25) is 5.91 Å². The summed E-state index contributed by atoms with van der Waals surface area (Å²) in [6, 6.07) is 8.61. The van der Waals surface area contributed by atoms with E-state index < -0.39 is 11.7 Å². The smallest absolute Gasteiger partial charge is 0.416 e. The average molecular weight is 502 g/mol. The number of likely N-dealkylation sites (N-methyl/N-ethyl adjacent to an activating group) is 1. The van der Waals surface area contributed by atoms with Crippen LogP contribution in [0.2, 0.25) is 0 Å². The Balaban J connectivity index is 1.87. The van der Waals surface area contributed by atoms with Gasteiger partial charge in [-0.3, -0.25) is 4.79 Å². The molecule has 170 valence electrons. The summed E-state index contributed by atoms with van der Waals surface area (Å²) in [7, 11) is 0. The maximum Gasteiger partial charge on any atom is 0.416 e. The molecule has 0 unspecified atom stereocenters. The fourth-order valence-corrected chi connectivity index (χ4v) is 3.45. The number of alkyl halides is 3. The fraction of sp³-hybridized carbons (Fsp3) is 0.409. The third kappa shape index (κ3) is 7.74. The molecule has 0 aliphatic carbocycles. The highest BCUT2D eigenvalue weighted by Crippen LogP contribution is 2.33. The maximum atomic E-state index is 12.7. The molecule has 2 N–H and O–H groups in total. The van der Waals surface area contributed by atoms with Crippen molar-refractivity contribution in [2.45, 2.75) is 26.9 Å². The van der Waals surface area contributed by atoms with Crippen LogP contribution < -0.4 is 15.4 Å². The molecule has 0 radical (unpaired) electrons. The van der Waals surface area contributed by atoms with Crippen molar-refractivity contribution in [3.8, 4) is 5.75 Å². The Morgan fingerprint density at radius 3 is 2.42 bits per heavy atom. The number of nitrogens with one attached hydrogen (secondary N) is 2. The quantitative estimate of drug-likeness (QED) is 0.448. The number of aryl methyl sites for hydroxylation is 1. The lowest BCUT2D eigenvalue weighted by Crippen LogP contribution is -2.28. The van der Waals surface area contributed by atoms with Crippen LogP contribution in [0.4, 0.5) is 24.5 Å². The van der Waals surface area contributed by atoms with E-state index in [1.165, 1.54) is 6.07 Å². The number of hydrogen-bond donors (Lipinski definition) is 2. The second kappa shape index (κ2) is 11.4. The fourth-order valence-electron chi connectivity index (χ4n) is 2.93. The first-order valence-electron chi connectivity index (χ1n) is 10.00. The first-order chi connectivity index (χ1) is 14.6. The Bertz CT molecular complexity index is 887. The molecule has 0 aliphatic heterocycles. The molecular weight excluding hydrogens is 475 g/mol. The Hall–Kier alpha value is -2.26. The molecule has 0 aliphatic rings. The standard InChI is InChI=1S/C22H27BrF3N3O2/c1-4-29(5-2)10-11-31-20-9-7-17(12-15(20)3)28-21(30)14-27-19-8-6-16(13-18(19)23)22(24,25)26/h6-9,12-13,27H,4-5,10-11,14H2,1-3H3,(H,28,30). The molecular formula is C22H27BrF3N3O2. The number of amides is 1. The number of hydrogen-bond acceptors (Lipinski definition) is 4. The average Bonchev–Trinajstić information content (AvgIpc) is 2.71. The normalized spacial score (nSPS) is 11.5. The van der Waals surface area contributed by atoms with Crippen LogP contribution in [0.5, 0.6) is 5.75 Å². The van der Waals surface area contributed by atoms with Gasteiger partial charge in [0, 0.05) is 22.4 Å². The number of halogens is 4. The minimum Gasteiger partial charge on any atom is -0.492 e. The summed E-state index contributed by atoms with van der Waals surface area (Å²) < 4.78 is 44.3. The predicted molar refractivity (Wildman–Crippen MR) is 121 cm³/mol. The SMILES string of the molecule is CCN(CC)CCOc1ccc(NC(=O)CNc2ccc(C(F)(F)F)cc2Br)cc1C. The van der Waals surface area contributed by atoms with Crippen molar-refractivity contribution in [3.63, 3.8) is 0 Å². The summed E-state index contributed by atoms with van der Waals surface area (Å²) in [5, 5.41) is 5.60. The van der Waals surface area contributed by atoms with Gasteiger partial charge < -0.3 is 20.3 Å². The number of rotatable bonds is 10. The zero-order valence-electron chi connectivity index (χ0n) is 17.8. The Kier molecular flexibility index (Phi) is 9.18. The van der Waals surface area contributed by atoms with Gasteiger partial charge in [0.25, 0.3) is 0 Å². The molecule has 0 fully saturated rings. The number of ether oxygens (including phenoxy) is 1. The maximum absolute atomic E-state index is 12.7. The topological polar surface area (TPSA) is 53.6 Å². The van der Waals surface area contributed by atoms with Crippen molar-refractivity contribution < 1.29 is 22.7 Å². The highest BCUT2D eigenvalue weighted by atomic mass is 79.9. The van der Waals surface area contributed by atoms with Crippen molar-refractivity contribution in [1.29, 1.82) is 0 Å². The van der Waals surface area contributed by atoms with Gasteiger partial charge in [-0.2, -0.15) is 13.2 Å². The van der Waals surface area contributed by atoms with Crippen molar-refractivity contribution in [1.82, 2.24) is 4.90 Å². The summed E-state index contributed by atoms with van der Waals surface area (Å²) in [6.45, 7) is 9.40. The molecule has 0 atom stereocenters. The molecule has 9 heteroatoms. The molecule has 31 heavy (non-hydrogen) atoms. The molecule has 5 nitrogen and oxygen atoms in total. The van der Waals surface area contributed by atoms with Crippen molar-refractivity contribution in [2.24, 2.45) is 0 Å². The highest BCUT2D eigenvalue weighted by molar-refractivity contribution is 9.10. The Labute approximate surface area is 189 Å². The summed E-state index contributed by atoms with van der Waals surface area (Å²) in [4.78, 5) is 14.5. The van der Waals surface area contributed by atoms with Gasteiger partial charge in [-0.15, -0.1) is 0 Å². The van der Waals surface area contributed by atoms with Crippen LogP contribution in [-0.2, 0) is 11.0 Å². The number of benzene rings is 2. The predicted octanol–water partition coefficient (Wildman–Crippen LogP) is 5.55. The molecule has 0 saturated carbocycles. The molecule has 0 bridgehead atoms. The van der Waals surface area contributed by atoms with Gasteiger partial charge in [-0.1, -0.05) is 13.8 Å². The van der Waals surface area contributed by atoms with Crippen LogP contribution >= 0.6 is 15.9 Å². The zero-order chi connectivity index (χ0) is 23.0. The molecule has 0 aromatic heterocycles. The van der Waals surface area contributed by atoms with E-state index in [2.05, 4.69) is 45.3 Å². The third-order valence-corrected chi connectivity index (χ3v) is 5.41. The summed E-state index contributed by atoms with van der Waals surface area (Å²) in [5.74, 6) is 0.443. The first-order valence-corrected chi connectivity index (χ1v) is 10.8. The second-order valence-corrected chi connectivity index (χ2v) is 7.80. The monoisotopic (exact) mass is 501 g/mol. The minimum atomic E-state index is -4.42. The van der Waals surface area contributed by atoms with Gasteiger partial charge in [0.05, 0.1) is 12.1 Å². The van der Waals surface area contributed by atoms with E-state index in [1.807, 2.05) is 19.1 Å². The van der Waals surface area contributed by atoms with E-state index in [-0.39, 0.29) is 16.9 Å². The van der Waals surface area contributed by atoms with E-state index >= 15 is 0 Å². The number of anilines is 2. The van der Waals surface area contributed by atoms with Crippen molar-refractivity contribution in [3.05, 3.63) is 52.0 Å². The number of carbonyl (C=O) groups excluding carboxylic acids is 1. The van der Waals surface area contributed by atoms with Crippen LogP contribution in [0.15, 0.2) is 40.9 Å². The molecule has 1 amide bonds. The van der Waals surface area contributed by atoms with Crippen LogP contribution in [0, 0.1) is 6.92 Å². The van der Waals surface area contributed by atoms with Gasteiger partial charge in [0.15, 0.2) is 0 Å². The van der Waals surface area contributed by atoms with Gasteiger partial charge in [-0.25, -0.2) is 0 Å². The van der Waals surface area contributed by atoms with Crippen LogP contribution in [0.3, 0.4) is 0 Å². The van der Waals surface area contributed by atoms with Crippen LogP contribution in [-0.4, -0.2) is 43.6 Å². The number of carbonyl (C=O) groups is 1. The molecule has 0 saturated heterocycles.